The molecule has 1 amide bonds. The van der Waals surface area contributed by atoms with Gasteiger partial charge in [-0.25, -0.2) is 4.98 Å². The number of nitrogens with one attached hydrogen (secondary N) is 1. The Labute approximate surface area is 182 Å². The Kier molecular flexibility index (Phi) is 5.53. The van der Waals surface area contributed by atoms with Crippen LogP contribution in [0, 0.1) is 0 Å². The van der Waals surface area contributed by atoms with Crippen LogP contribution in [0.4, 0.5) is 5.69 Å². The molecule has 0 saturated heterocycles. The van der Waals surface area contributed by atoms with E-state index in [1.165, 1.54) is 14.2 Å². The lowest BCUT2D eigenvalue weighted by Crippen LogP contribution is -2.12. The van der Waals surface area contributed by atoms with E-state index in [0.717, 1.165) is 0 Å². The Morgan fingerprint density at radius 1 is 1.00 bits per heavy atom. The molecule has 30 heavy (non-hydrogen) atoms. The number of amides is 1. The van der Waals surface area contributed by atoms with Gasteiger partial charge in [0.1, 0.15) is 17.0 Å². The van der Waals surface area contributed by atoms with E-state index in [2.05, 4.69) is 10.3 Å². The van der Waals surface area contributed by atoms with Crippen LogP contribution in [0.15, 0.2) is 59.0 Å². The van der Waals surface area contributed by atoms with Crippen LogP contribution < -0.4 is 14.8 Å². The highest BCUT2D eigenvalue weighted by Crippen LogP contribution is 2.35. The second-order valence-corrected chi connectivity index (χ2v) is 7.14. The van der Waals surface area contributed by atoms with Crippen molar-refractivity contribution < 1.29 is 18.7 Å². The van der Waals surface area contributed by atoms with Gasteiger partial charge in [-0.15, -0.1) is 0 Å². The molecule has 0 aliphatic heterocycles. The van der Waals surface area contributed by atoms with Crippen LogP contribution in [-0.2, 0) is 0 Å². The van der Waals surface area contributed by atoms with E-state index in [1.54, 1.807) is 54.6 Å². The Hall–Kier alpha value is -3.22. The summed E-state index contributed by atoms with van der Waals surface area (Å²) in [4.78, 5) is 17.2. The SMILES string of the molecule is COc1cc(OC)cc(C(=O)Nc2ccc3oc(-c4cccc(Cl)c4Cl)nc3c2)c1. The molecule has 1 N–H and O–H groups in total. The molecule has 0 spiro atoms. The van der Waals surface area contributed by atoms with Crippen LogP contribution >= 0.6 is 23.2 Å². The van der Waals surface area contributed by atoms with E-state index in [1.807, 2.05) is 0 Å². The first-order chi connectivity index (χ1) is 14.5. The number of methoxy groups -OCH3 is 2. The average Bonchev–Trinajstić information content (AvgIpc) is 3.18. The molecule has 0 aliphatic rings. The molecule has 0 aliphatic carbocycles. The Morgan fingerprint density at radius 3 is 2.43 bits per heavy atom. The smallest absolute Gasteiger partial charge is 0.255 e. The number of carbonyl (C=O) groups excluding carboxylic acids is 1. The van der Waals surface area contributed by atoms with Crippen molar-refractivity contribution in [2.75, 3.05) is 19.5 Å². The van der Waals surface area contributed by atoms with Crippen LogP contribution in [0.1, 0.15) is 10.4 Å². The van der Waals surface area contributed by atoms with Crippen LogP contribution in [0.3, 0.4) is 0 Å². The normalized spacial score (nSPS) is 10.8. The molecule has 4 rings (SSSR count). The number of aromatic nitrogens is 1. The minimum atomic E-state index is -0.312. The summed E-state index contributed by atoms with van der Waals surface area (Å²) in [7, 11) is 3.05. The number of benzene rings is 3. The van der Waals surface area contributed by atoms with Gasteiger partial charge in [0, 0.05) is 17.3 Å². The summed E-state index contributed by atoms with van der Waals surface area (Å²) in [6.07, 6.45) is 0. The highest BCUT2D eigenvalue weighted by Gasteiger charge is 2.15. The third-order valence-corrected chi connectivity index (χ3v) is 5.26. The van der Waals surface area contributed by atoms with Crippen LogP contribution in [-0.4, -0.2) is 25.1 Å². The summed E-state index contributed by atoms with van der Waals surface area (Å²) in [6, 6.07) is 15.4. The largest absolute Gasteiger partial charge is 0.497 e. The van der Waals surface area contributed by atoms with Crippen molar-refractivity contribution >= 4 is 45.9 Å². The van der Waals surface area contributed by atoms with Gasteiger partial charge in [-0.05, 0) is 42.5 Å². The molecule has 0 fully saturated rings. The van der Waals surface area contributed by atoms with E-state index in [9.17, 15) is 4.79 Å². The highest BCUT2D eigenvalue weighted by atomic mass is 35.5. The molecule has 1 heterocycles. The summed E-state index contributed by atoms with van der Waals surface area (Å²) in [5.41, 5.74) is 2.68. The van der Waals surface area contributed by atoms with E-state index in [0.29, 0.717) is 55.3 Å². The van der Waals surface area contributed by atoms with Gasteiger partial charge in [0.2, 0.25) is 5.89 Å². The molecule has 0 atom stereocenters. The summed E-state index contributed by atoms with van der Waals surface area (Å²) in [5.74, 6) is 1.08. The predicted octanol–water partition coefficient (Wildman–Crippen LogP) is 6.07. The number of ether oxygens (including phenoxy) is 2. The number of fused-ring (bicyclic) bond motifs is 1. The maximum absolute atomic E-state index is 12.7. The van der Waals surface area contributed by atoms with Gasteiger partial charge in [0.15, 0.2) is 5.58 Å². The maximum Gasteiger partial charge on any atom is 0.255 e. The number of hydrogen-bond acceptors (Lipinski definition) is 5. The lowest BCUT2D eigenvalue weighted by atomic mass is 10.1. The van der Waals surface area contributed by atoms with Crippen LogP contribution in [0.25, 0.3) is 22.6 Å². The second kappa shape index (κ2) is 8.26. The fourth-order valence-electron chi connectivity index (χ4n) is 2.93. The number of hydrogen-bond donors (Lipinski definition) is 1. The van der Waals surface area contributed by atoms with Crippen molar-refractivity contribution in [2.45, 2.75) is 0 Å². The average molecular weight is 443 g/mol. The summed E-state index contributed by atoms with van der Waals surface area (Å²) in [6.45, 7) is 0. The first-order valence-corrected chi connectivity index (χ1v) is 9.63. The van der Waals surface area contributed by atoms with E-state index in [4.69, 9.17) is 37.1 Å². The lowest BCUT2D eigenvalue weighted by Gasteiger charge is -2.09. The van der Waals surface area contributed by atoms with Gasteiger partial charge in [-0.1, -0.05) is 29.3 Å². The van der Waals surface area contributed by atoms with Crippen molar-refractivity contribution in [1.82, 2.24) is 4.98 Å². The van der Waals surface area contributed by atoms with E-state index < -0.39 is 0 Å². The monoisotopic (exact) mass is 442 g/mol. The lowest BCUT2D eigenvalue weighted by molar-refractivity contribution is 0.102. The number of anilines is 1. The van der Waals surface area contributed by atoms with Gasteiger partial charge >= 0.3 is 0 Å². The summed E-state index contributed by atoms with van der Waals surface area (Å²) >= 11 is 12.3. The van der Waals surface area contributed by atoms with E-state index >= 15 is 0 Å². The fraction of sp³-hybridized carbons (Fsp3) is 0.0909. The predicted molar refractivity (Wildman–Crippen MR) is 117 cm³/mol. The van der Waals surface area contributed by atoms with Crippen LogP contribution in [0.5, 0.6) is 11.5 Å². The number of nitrogens with zero attached hydrogens (tertiary/aromatic N) is 1. The van der Waals surface area contributed by atoms with Gasteiger partial charge in [0.25, 0.3) is 5.91 Å². The first-order valence-electron chi connectivity index (χ1n) is 8.88. The van der Waals surface area contributed by atoms with Gasteiger partial charge < -0.3 is 19.2 Å². The van der Waals surface area contributed by atoms with Crippen molar-refractivity contribution in [3.05, 3.63) is 70.2 Å². The molecule has 0 saturated carbocycles. The maximum atomic E-state index is 12.7. The standard InChI is InChI=1S/C22H16Cl2N2O4/c1-28-14-8-12(9-15(11-14)29-2)21(27)25-13-6-7-19-18(10-13)26-22(30-19)16-4-3-5-17(23)20(16)24/h3-11H,1-2H3,(H,25,27). The van der Waals surface area contributed by atoms with Gasteiger partial charge in [-0.3, -0.25) is 4.79 Å². The van der Waals surface area contributed by atoms with Crippen molar-refractivity contribution in [1.29, 1.82) is 0 Å². The van der Waals surface area contributed by atoms with Crippen molar-refractivity contribution in [3.8, 4) is 23.0 Å². The number of rotatable bonds is 5. The number of oxazole rings is 1. The summed E-state index contributed by atoms with van der Waals surface area (Å²) in [5, 5.41) is 3.63. The quantitative estimate of drug-likeness (QED) is 0.405. The molecule has 8 heteroatoms. The molecule has 6 nitrogen and oxygen atoms in total. The molecule has 4 aromatic rings. The fourth-order valence-corrected chi connectivity index (χ4v) is 3.31. The zero-order valence-electron chi connectivity index (χ0n) is 16.0. The molecule has 0 unspecified atom stereocenters. The Morgan fingerprint density at radius 2 is 1.73 bits per heavy atom. The topological polar surface area (TPSA) is 73.6 Å². The van der Waals surface area contributed by atoms with Gasteiger partial charge in [-0.2, -0.15) is 0 Å². The molecular weight excluding hydrogens is 427 g/mol. The Balaban J connectivity index is 1.63. The minimum absolute atomic E-state index is 0.312. The molecular formula is C22H16Cl2N2O4. The number of halogens is 2. The summed E-state index contributed by atoms with van der Waals surface area (Å²) < 4.78 is 16.2. The van der Waals surface area contributed by atoms with Crippen molar-refractivity contribution in [2.24, 2.45) is 0 Å². The first kappa shape index (κ1) is 20.1. The molecule has 0 bridgehead atoms. The third kappa shape index (κ3) is 3.92. The molecule has 152 valence electrons. The third-order valence-electron chi connectivity index (χ3n) is 4.44. The Bertz CT molecular complexity index is 1230. The second-order valence-electron chi connectivity index (χ2n) is 6.36. The van der Waals surface area contributed by atoms with E-state index in [-0.39, 0.29) is 5.91 Å². The molecule has 1 aromatic heterocycles. The molecule has 3 aromatic carbocycles. The highest BCUT2D eigenvalue weighted by molar-refractivity contribution is 6.43. The van der Waals surface area contributed by atoms with Crippen LogP contribution in [0.2, 0.25) is 10.0 Å². The van der Waals surface area contributed by atoms with Gasteiger partial charge in [0.05, 0.1) is 29.8 Å². The zero-order valence-corrected chi connectivity index (χ0v) is 17.5. The molecule has 0 radical (unpaired) electrons. The number of carbonyl (C=O) groups is 1. The minimum Gasteiger partial charge on any atom is -0.497 e. The zero-order chi connectivity index (χ0) is 21.3. The van der Waals surface area contributed by atoms with Crippen molar-refractivity contribution in [3.63, 3.8) is 0 Å².